The second-order valence-electron chi connectivity index (χ2n) is 9.64. The number of methoxy groups -OCH3 is 1. The molecule has 6 rings (SSSR count). The summed E-state index contributed by atoms with van der Waals surface area (Å²) in [6.45, 7) is 2.04. The van der Waals surface area contributed by atoms with Gasteiger partial charge in [0.25, 0.3) is 0 Å². The number of aryl methyl sites for hydroxylation is 2. The first-order chi connectivity index (χ1) is 19.2. The summed E-state index contributed by atoms with van der Waals surface area (Å²) in [5, 5.41) is 0.641. The molecule has 4 aromatic heterocycles. The van der Waals surface area contributed by atoms with Crippen molar-refractivity contribution in [2.45, 2.75) is 38.5 Å². The molecule has 4 heterocycles. The monoisotopic (exact) mass is 547 g/mol. The highest BCUT2D eigenvalue weighted by molar-refractivity contribution is 5.83. The predicted octanol–water partition coefficient (Wildman–Crippen LogP) is 5.67. The number of nitrogens with zero attached hydrogens (tertiary/aromatic N) is 7. The van der Waals surface area contributed by atoms with Crippen molar-refractivity contribution in [3.63, 3.8) is 0 Å². The fourth-order valence-corrected chi connectivity index (χ4v) is 4.49. The van der Waals surface area contributed by atoms with Crippen LogP contribution in [0, 0.1) is 6.92 Å². The first-order valence-corrected chi connectivity index (χ1v) is 12.6. The minimum absolute atomic E-state index is 0.159. The average molecular weight is 548 g/mol. The maximum Gasteiger partial charge on any atom is 0.434 e. The molecule has 1 aliphatic rings. The van der Waals surface area contributed by atoms with Crippen molar-refractivity contribution in [3.8, 4) is 34.5 Å². The van der Waals surface area contributed by atoms with Crippen LogP contribution in [0.3, 0.4) is 0 Å². The van der Waals surface area contributed by atoms with E-state index in [4.69, 9.17) is 19.4 Å². The first-order valence-electron chi connectivity index (χ1n) is 12.6. The molecule has 0 aliphatic heterocycles. The predicted molar refractivity (Wildman–Crippen MR) is 140 cm³/mol. The van der Waals surface area contributed by atoms with E-state index in [2.05, 4.69) is 19.9 Å². The Balaban J connectivity index is 1.32. The van der Waals surface area contributed by atoms with Gasteiger partial charge in [-0.25, -0.2) is 24.9 Å². The van der Waals surface area contributed by atoms with Crippen LogP contribution in [-0.2, 0) is 19.8 Å². The highest BCUT2D eigenvalue weighted by Gasteiger charge is 2.35. The highest BCUT2D eigenvalue weighted by Crippen LogP contribution is 2.45. The summed E-state index contributed by atoms with van der Waals surface area (Å²) in [5.41, 5.74) is 3.14. The second-order valence-corrected chi connectivity index (χ2v) is 9.64. The fourth-order valence-electron chi connectivity index (χ4n) is 4.49. The van der Waals surface area contributed by atoms with E-state index in [1.54, 1.807) is 31.4 Å². The summed E-state index contributed by atoms with van der Waals surface area (Å²) in [7, 11) is 3.07. The number of hydrogen-bond acceptors (Lipinski definition) is 8. The Labute approximate surface area is 227 Å². The molecule has 5 aromatic rings. The normalized spacial score (nSPS) is 13.6. The van der Waals surface area contributed by atoms with Crippen LogP contribution in [0.25, 0.3) is 33.8 Å². The van der Waals surface area contributed by atoms with Gasteiger partial charge in [-0.2, -0.15) is 18.2 Å². The van der Waals surface area contributed by atoms with Gasteiger partial charge < -0.3 is 14.0 Å². The van der Waals surface area contributed by atoms with Crippen LogP contribution >= 0.6 is 0 Å². The average Bonchev–Trinajstić information content (AvgIpc) is 3.71. The molecule has 1 aliphatic carbocycles. The number of aromatic nitrogens is 7. The molecule has 0 N–H and O–H groups in total. The summed E-state index contributed by atoms with van der Waals surface area (Å²) in [6.07, 6.45) is -0.0110. The molecule has 204 valence electrons. The van der Waals surface area contributed by atoms with Gasteiger partial charge in [-0.05, 0) is 37.5 Å². The van der Waals surface area contributed by atoms with E-state index < -0.39 is 11.9 Å². The van der Waals surface area contributed by atoms with Gasteiger partial charge in [0.05, 0.1) is 18.2 Å². The summed E-state index contributed by atoms with van der Waals surface area (Å²) in [4.78, 5) is 26.6. The van der Waals surface area contributed by atoms with Crippen LogP contribution in [0.4, 0.5) is 13.2 Å². The van der Waals surface area contributed by atoms with Crippen molar-refractivity contribution in [1.29, 1.82) is 0 Å². The number of halogens is 3. The molecule has 0 saturated heterocycles. The quantitative estimate of drug-likeness (QED) is 0.257. The third-order valence-electron chi connectivity index (χ3n) is 6.64. The van der Waals surface area contributed by atoms with E-state index in [1.165, 1.54) is 17.9 Å². The Morgan fingerprint density at radius 1 is 0.950 bits per heavy atom. The Hall–Kier alpha value is -4.61. The lowest BCUT2D eigenvalue weighted by molar-refractivity contribution is -0.140. The lowest BCUT2D eigenvalue weighted by atomic mass is 10.1. The van der Waals surface area contributed by atoms with E-state index in [0.717, 1.165) is 36.0 Å². The molecule has 1 saturated carbocycles. The Morgan fingerprint density at radius 2 is 1.73 bits per heavy atom. The molecule has 0 atom stereocenters. The van der Waals surface area contributed by atoms with E-state index in [-0.39, 0.29) is 12.4 Å². The Bertz CT molecular complexity index is 1710. The SMILES string of the molecule is COc1ncnc(C2CC2)c1-c1nc(OCc2ccc(-c3nc(C(F)(F)F)cn3C)cc2)c2ccc(C)nc2n1. The molecule has 0 bridgehead atoms. The summed E-state index contributed by atoms with van der Waals surface area (Å²) in [5.74, 6) is 1.60. The summed E-state index contributed by atoms with van der Waals surface area (Å²) < 4.78 is 52.3. The van der Waals surface area contributed by atoms with Crippen molar-refractivity contribution in [2.75, 3.05) is 7.11 Å². The molecule has 0 amide bonds. The van der Waals surface area contributed by atoms with Gasteiger partial charge in [-0.15, -0.1) is 0 Å². The number of pyridine rings is 1. The standard InChI is InChI=1S/C28H24F3N7O2/c1-15-4-11-19-23(34-15)36-24(21-22(17-9-10-17)32-14-33-27(21)39-3)37-26(19)40-13-16-5-7-18(8-6-16)25-35-20(12-38(25)2)28(29,30)31/h4-8,11-12,14,17H,9-10,13H2,1-3H3. The Kier molecular flexibility index (Phi) is 6.32. The fraction of sp³-hybridized carbons (Fsp3) is 0.286. The van der Waals surface area contributed by atoms with Crippen molar-refractivity contribution < 1.29 is 22.6 Å². The van der Waals surface area contributed by atoms with Gasteiger partial charge in [0.15, 0.2) is 17.2 Å². The van der Waals surface area contributed by atoms with Crippen LogP contribution in [0.5, 0.6) is 11.8 Å². The zero-order valence-corrected chi connectivity index (χ0v) is 21.9. The molecular weight excluding hydrogens is 523 g/mol. The van der Waals surface area contributed by atoms with Gasteiger partial charge in [0.2, 0.25) is 11.8 Å². The first kappa shape index (κ1) is 25.7. The molecule has 9 nitrogen and oxygen atoms in total. The highest BCUT2D eigenvalue weighted by atomic mass is 19.4. The molecule has 0 radical (unpaired) electrons. The van der Waals surface area contributed by atoms with Crippen LogP contribution in [0.1, 0.15) is 41.4 Å². The third-order valence-corrected chi connectivity index (χ3v) is 6.64. The molecule has 40 heavy (non-hydrogen) atoms. The maximum absolute atomic E-state index is 13.1. The zero-order chi connectivity index (χ0) is 28.0. The molecule has 1 fully saturated rings. The van der Waals surface area contributed by atoms with E-state index in [0.29, 0.717) is 45.7 Å². The van der Waals surface area contributed by atoms with E-state index >= 15 is 0 Å². The molecule has 1 aromatic carbocycles. The molecule has 12 heteroatoms. The molecular formula is C28H24F3N7O2. The minimum atomic E-state index is -4.51. The number of fused-ring (bicyclic) bond motifs is 1. The van der Waals surface area contributed by atoms with Gasteiger partial charge in [0, 0.05) is 30.4 Å². The van der Waals surface area contributed by atoms with Crippen LogP contribution in [0.2, 0.25) is 0 Å². The van der Waals surface area contributed by atoms with Gasteiger partial charge in [-0.3, -0.25) is 0 Å². The van der Waals surface area contributed by atoms with Gasteiger partial charge in [-0.1, -0.05) is 24.3 Å². The van der Waals surface area contributed by atoms with Crippen molar-refractivity contribution in [2.24, 2.45) is 7.05 Å². The summed E-state index contributed by atoms with van der Waals surface area (Å²) in [6, 6.07) is 10.7. The van der Waals surface area contributed by atoms with Crippen LogP contribution in [0.15, 0.2) is 48.9 Å². The number of ether oxygens (including phenoxy) is 2. The van der Waals surface area contributed by atoms with Crippen molar-refractivity contribution in [3.05, 3.63) is 71.6 Å². The maximum atomic E-state index is 13.1. The Morgan fingerprint density at radius 3 is 2.40 bits per heavy atom. The van der Waals surface area contributed by atoms with Gasteiger partial charge >= 0.3 is 6.18 Å². The van der Waals surface area contributed by atoms with Gasteiger partial charge in [0.1, 0.15) is 24.3 Å². The summed E-state index contributed by atoms with van der Waals surface area (Å²) >= 11 is 0. The van der Waals surface area contributed by atoms with Crippen molar-refractivity contribution >= 4 is 11.0 Å². The van der Waals surface area contributed by atoms with E-state index in [9.17, 15) is 13.2 Å². The second kappa shape index (κ2) is 9.85. The van der Waals surface area contributed by atoms with E-state index in [1.807, 2.05) is 19.1 Å². The molecule has 0 unspecified atom stereocenters. The topological polar surface area (TPSA) is 101 Å². The van der Waals surface area contributed by atoms with Crippen LogP contribution in [-0.4, -0.2) is 41.6 Å². The third kappa shape index (κ3) is 4.92. The number of alkyl halides is 3. The lowest BCUT2D eigenvalue weighted by Gasteiger charge is -2.14. The number of hydrogen-bond donors (Lipinski definition) is 0. The smallest absolute Gasteiger partial charge is 0.434 e. The molecule has 0 spiro atoms. The minimum Gasteiger partial charge on any atom is -0.480 e. The zero-order valence-electron chi connectivity index (χ0n) is 21.9. The number of benzene rings is 1. The number of rotatable bonds is 7. The van der Waals surface area contributed by atoms with Crippen molar-refractivity contribution in [1.82, 2.24) is 34.5 Å². The largest absolute Gasteiger partial charge is 0.480 e. The lowest BCUT2D eigenvalue weighted by Crippen LogP contribution is -2.05. The number of imidazole rings is 1. The van der Waals surface area contributed by atoms with Crippen LogP contribution < -0.4 is 9.47 Å².